The smallest absolute Gasteiger partial charge is 0.234 e. The number of nitrogen functional groups attached to an aromatic ring is 1. The van der Waals surface area contributed by atoms with Crippen LogP contribution in [-0.2, 0) is 4.79 Å². The summed E-state index contributed by atoms with van der Waals surface area (Å²) >= 11 is 19.2. The van der Waals surface area contributed by atoms with Gasteiger partial charge in [-0.15, -0.1) is 11.8 Å². The molecular weight excluding hydrogens is 351 g/mol. The van der Waals surface area contributed by atoms with E-state index in [0.717, 1.165) is 4.90 Å². The van der Waals surface area contributed by atoms with E-state index in [1.807, 2.05) is 18.2 Å². The van der Waals surface area contributed by atoms with Gasteiger partial charge in [0.25, 0.3) is 0 Å². The molecule has 2 rings (SSSR count). The van der Waals surface area contributed by atoms with Crippen molar-refractivity contribution in [2.75, 3.05) is 16.8 Å². The fourth-order valence-corrected chi connectivity index (χ4v) is 3.27. The first-order valence-corrected chi connectivity index (χ1v) is 8.01. The summed E-state index contributed by atoms with van der Waals surface area (Å²) in [6.07, 6.45) is 0. The second kappa shape index (κ2) is 7.27. The normalized spacial score (nSPS) is 10.4. The number of thioether (sulfide) groups is 1. The van der Waals surface area contributed by atoms with Gasteiger partial charge in [0.15, 0.2) is 0 Å². The molecule has 0 saturated carbocycles. The Bertz CT molecular complexity index is 656. The van der Waals surface area contributed by atoms with Crippen molar-refractivity contribution in [3.05, 3.63) is 51.5 Å². The first kappa shape index (κ1) is 16.3. The molecule has 0 heterocycles. The average molecular weight is 362 g/mol. The van der Waals surface area contributed by atoms with Crippen molar-refractivity contribution >= 4 is 63.8 Å². The molecule has 0 unspecified atom stereocenters. The molecule has 0 aromatic heterocycles. The molecule has 0 spiro atoms. The van der Waals surface area contributed by atoms with Crippen LogP contribution < -0.4 is 11.1 Å². The van der Waals surface area contributed by atoms with Crippen LogP contribution in [0, 0.1) is 0 Å². The lowest BCUT2D eigenvalue weighted by Gasteiger charge is -2.10. The number of carbonyl (C=O) groups is 1. The Morgan fingerprint density at radius 3 is 2.38 bits per heavy atom. The number of benzene rings is 2. The number of halogens is 3. The summed E-state index contributed by atoms with van der Waals surface area (Å²) in [5.74, 6) is -0.0295. The summed E-state index contributed by atoms with van der Waals surface area (Å²) in [6.45, 7) is 0. The first-order chi connectivity index (χ1) is 9.97. The number of carbonyl (C=O) groups excluding carboxylic acids is 1. The summed E-state index contributed by atoms with van der Waals surface area (Å²) in [5.41, 5.74) is 6.81. The SMILES string of the molecule is Nc1ccccc1SCC(=O)Nc1c(Cl)cc(Cl)cc1Cl. The zero-order chi connectivity index (χ0) is 15.4. The molecule has 0 atom stereocenters. The van der Waals surface area contributed by atoms with Crippen molar-refractivity contribution in [3.63, 3.8) is 0 Å². The number of amides is 1. The van der Waals surface area contributed by atoms with Crippen LogP contribution in [0.2, 0.25) is 15.1 Å². The fourth-order valence-electron chi connectivity index (χ4n) is 1.59. The van der Waals surface area contributed by atoms with Crippen LogP contribution in [-0.4, -0.2) is 11.7 Å². The maximum absolute atomic E-state index is 12.0. The minimum Gasteiger partial charge on any atom is -0.398 e. The Hall–Kier alpha value is -1.07. The number of rotatable bonds is 4. The van der Waals surface area contributed by atoms with Crippen molar-refractivity contribution < 1.29 is 4.79 Å². The Morgan fingerprint density at radius 2 is 1.76 bits per heavy atom. The van der Waals surface area contributed by atoms with Gasteiger partial charge >= 0.3 is 0 Å². The Kier molecular flexibility index (Phi) is 5.65. The van der Waals surface area contributed by atoms with E-state index >= 15 is 0 Å². The van der Waals surface area contributed by atoms with Crippen LogP contribution in [0.25, 0.3) is 0 Å². The minimum atomic E-state index is -0.227. The molecule has 2 aromatic rings. The number of hydrogen-bond donors (Lipinski definition) is 2. The van der Waals surface area contributed by atoms with Gasteiger partial charge in [-0.05, 0) is 24.3 Å². The van der Waals surface area contributed by atoms with E-state index in [1.54, 1.807) is 6.07 Å². The third-order valence-corrected chi connectivity index (χ3v) is 4.45. The van der Waals surface area contributed by atoms with Gasteiger partial charge in [-0.3, -0.25) is 4.79 Å². The lowest BCUT2D eigenvalue weighted by molar-refractivity contribution is -0.113. The minimum absolute atomic E-state index is 0.198. The third-order valence-electron chi connectivity index (χ3n) is 2.55. The lowest BCUT2D eigenvalue weighted by Crippen LogP contribution is -2.14. The lowest BCUT2D eigenvalue weighted by atomic mass is 10.3. The predicted molar refractivity (Wildman–Crippen MR) is 91.7 cm³/mol. The average Bonchev–Trinajstić information content (AvgIpc) is 2.42. The third kappa shape index (κ3) is 4.45. The van der Waals surface area contributed by atoms with E-state index in [1.165, 1.54) is 23.9 Å². The largest absolute Gasteiger partial charge is 0.398 e. The molecule has 110 valence electrons. The van der Waals surface area contributed by atoms with Crippen molar-refractivity contribution in [1.29, 1.82) is 0 Å². The predicted octanol–water partition coefficient (Wildman–Crippen LogP) is 4.96. The maximum Gasteiger partial charge on any atom is 0.234 e. The molecule has 0 bridgehead atoms. The van der Waals surface area contributed by atoms with Crippen LogP contribution in [0.1, 0.15) is 0 Å². The molecule has 3 nitrogen and oxygen atoms in total. The van der Waals surface area contributed by atoms with Crippen molar-refractivity contribution in [2.24, 2.45) is 0 Å². The Morgan fingerprint density at radius 1 is 1.14 bits per heavy atom. The molecule has 0 aliphatic carbocycles. The molecular formula is C14H11Cl3N2OS. The van der Waals surface area contributed by atoms with Gasteiger partial charge in [0.2, 0.25) is 5.91 Å². The molecule has 1 amide bonds. The number of nitrogens with one attached hydrogen (secondary N) is 1. The van der Waals surface area contributed by atoms with Crippen LogP contribution in [0.15, 0.2) is 41.3 Å². The fraction of sp³-hybridized carbons (Fsp3) is 0.0714. The molecule has 0 saturated heterocycles. The number of para-hydroxylation sites is 1. The second-order valence-electron chi connectivity index (χ2n) is 4.12. The number of anilines is 2. The second-order valence-corrected chi connectivity index (χ2v) is 6.39. The monoisotopic (exact) mass is 360 g/mol. The van der Waals surface area contributed by atoms with Gasteiger partial charge in [-0.2, -0.15) is 0 Å². The molecule has 0 radical (unpaired) electrons. The van der Waals surface area contributed by atoms with Gasteiger partial charge < -0.3 is 11.1 Å². The highest BCUT2D eigenvalue weighted by Gasteiger charge is 2.12. The van der Waals surface area contributed by atoms with E-state index in [4.69, 9.17) is 40.5 Å². The highest BCUT2D eigenvalue weighted by atomic mass is 35.5. The molecule has 21 heavy (non-hydrogen) atoms. The Balaban J connectivity index is 2.01. The van der Waals surface area contributed by atoms with E-state index in [9.17, 15) is 4.79 Å². The zero-order valence-corrected chi connectivity index (χ0v) is 13.8. The van der Waals surface area contributed by atoms with Gasteiger partial charge in [-0.1, -0.05) is 46.9 Å². The summed E-state index contributed by atoms with van der Waals surface area (Å²) in [7, 11) is 0. The topological polar surface area (TPSA) is 55.1 Å². The van der Waals surface area contributed by atoms with E-state index in [2.05, 4.69) is 5.32 Å². The van der Waals surface area contributed by atoms with Gasteiger partial charge in [0.05, 0.1) is 21.5 Å². The quantitative estimate of drug-likeness (QED) is 0.598. The summed E-state index contributed by atoms with van der Waals surface area (Å²) in [4.78, 5) is 12.8. The van der Waals surface area contributed by atoms with Gasteiger partial charge in [0, 0.05) is 15.6 Å². The standard InChI is InChI=1S/C14H11Cl3N2OS/c15-8-5-9(16)14(10(17)6-8)19-13(20)7-21-12-4-2-1-3-11(12)18/h1-6H,7,18H2,(H,19,20). The van der Waals surface area contributed by atoms with Gasteiger partial charge in [0.1, 0.15) is 0 Å². The van der Waals surface area contributed by atoms with E-state index < -0.39 is 0 Å². The van der Waals surface area contributed by atoms with Crippen LogP contribution >= 0.6 is 46.6 Å². The van der Waals surface area contributed by atoms with Crippen LogP contribution in [0.4, 0.5) is 11.4 Å². The summed E-state index contributed by atoms with van der Waals surface area (Å²) in [6, 6.07) is 10.4. The van der Waals surface area contributed by atoms with E-state index in [-0.39, 0.29) is 11.7 Å². The van der Waals surface area contributed by atoms with Crippen LogP contribution in [0.5, 0.6) is 0 Å². The van der Waals surface area contributed by atoms with E-state index in [0.29, 0.717) is 26.4 Å². The van der Waals surface area contributed by atoms with Crippen molar-refractivity contribution in [3.8, 4) is 0 Å². The summed E-state index contributed by atoms with van der Waals surface area (Å²) < 4.78 is 0. The van der Waals surface area contributed by atoms with Crippen molar-refractivity contribution in [2.45, 2.75) is 4.90 Å². The highest BCUT2D eigenvalue weighted by molar-refractivity contribution is 8.00. The Labute approximate surface area is 141 Å². The number of nitrogens with two attached hydrogens (primary N) is 1. The molecule has 0 aliphatic heterocycles. The van der Waals surface area contributed by atoms with Crippen LogP contribution in [0.3, 0.4) is 0 Å². The summed E-state index contributed by atoms with van der Waals surface area (Å²) in [5, 5.41) is 3.68. The highest BCUT2D eigenvalue weighted by Crippen LogP contribution is 2.34. The first-order valence-electron chi connectivity index (χ1n) is 5.89. The molecule has 0 aliphatic rings. The molecule has 2 aromatic carbocycles. The molecule has 0 fully saturated rings. The number of hydrogen-bond acceptors (Lipinski definition) is 3. The van der Waals surface area contributed by atoms with Crippen molar-refractivity contribution in [1.82, 2.24) is 0 Å². The maximum atomic E-state index is 12.0. The molecule has 3 N–H and O–H groups in total. The zero-order valence-electron chi connectivity index (χ0n) is 10.7. The van der Waals surface area contributed by atoms with Gasteiger partial charge in [-0.25, -0.2) is 0 Å². The molecule has 7 heteroatoms.